The molecule has 0 radical (unpaired) electrons. The van der Waals surface area contributed by atoms with E-state index in [9.17, 15) is 18.0 Å². The van der Waals surface area contributed by atoms with Crippen molar-refractivity contribution in [2.45, 2.75) is 52.7 Å². The molecule has 0 fully saturated rings. The maximum atomic E-state index is 13.5. The maximum absolute atomic E-state index is 13.5. The molecule has 0 spiro atoms. The Morgan fingerprint density at radius 3 is 2.14 bits per heavy atom. The Balaban J connectivity index is 2.35. The van der Waals surface area contributed by atoms with Gasteiger partial charge in [0, 0.05) is 17.6 Å². The van der Waals surface area contributed by atoms with E-state index in [1.165, 1.54) is 4.90 Å². The summed E-state index contributed by atoms with van der Waals surface area (Å²) in [5.41, 5.74) is 1.09. The van der Waals surface area contributed by atoms with Crippen LogP contribution in [0.2, 0.25) is 5.02 Å². The number of carbonyl (C=O) groups excluding carboxylic acids is 2. The second kappa shape index (κ2) is 12.8. The molecule has 8 nitrogen and oxygen atoms in total. The van der Waals surface area contributed by atoms with Crippen LogP contribution in [-0.4, -0.2) is 56.6 Å². The van der Waals surface area contributed by atoms with Crippen LogP contribution >= 0.6 is 11.6 Å². The van der Waals surface area contributed by atoms with Gasteiger partial charge in [0.1, 0.15) is 18.3 Å². The number of carbonyl (C=O) groups is 2. The molecule has 0 bridgehead atoms. The number of ether oxygens (including phenoxy) is 1. The highest BCUT2D eigenvalue weighted by atomic mass is 35.5. The number of rotatable bonds is 12. The molecule has 10 heteroatoms. The predicted octanol–water partition coefficient (Wildman–Crippen LogP) is 3.84. The van der Waals surface area contributed by atoms with E-state index in [4.69, 9.17) is 16.3 Å². The number of nitrogens with one attached hydrogen (secondary N) is 1. The van der Waals surface area contributed by atoms with Crippen molar-refractivity contribution in [3.05, 3.63) is 59.1 Å². The van der Waals surface area contributed by atoms with Crippen molar-refractivity contribution in [2.24, 2.45) is 0 Å². The topological polar surface area (TPSA) is 96.0 Å². The van der Waals surface area contributed by atoms with Gasteiger partial charge in [0.05, 0.1) is 18.6 Å². The first-order valence-corrected chi connectivity index (χ1v) is 13.7. The predicted molar refractivity (Wildman–Crippen MR) is 139 cm³/mol. The van der Waals surface area contributed by atoms with Crippen molar-refractivity contribution >= 4 is 39.1 Å². The Bertz CT molecular complexity index is 1090. The first-order valence-electron chi connectivity index (χ1n) is 11.5. The Labute approximate surface area is 213 Å². The maximum Gasteiger partial charge on any atom is 0.244 e. The van der Waals surface area contributed by atoms with Crippen LogP contribution in [0.4, 0.5) is 5.69 Å². The average Bonchev–Trinajstić information content (AvgIpc) is 2.81. The van der Waals surface area contributed by atoms with Crippen LogP contribution in [0.15, 0.2) is 48.5 Å². The van der Waals surface area contributed by atoms with Gasteiger partial charge in [0.15, 0.2) is 0 Å². The fraction of sp³-hybridized carbons (Fsp3) is 0.440. The lowest BCUT2D eigenvalue weighted by molar-refractivity contribution is -0.139. The Kier molecular flexibility index (Phi) is 10.4. The summed E-state index contributed by atoms with van der Waals surface area (Å²) < 4.78 is 31.7. The zero-order valence-corrected chi connectivity index (χ0v) is 22.4. The van der Waals surface area contributed by atoms with Crippen molar-refractivity contribution in [3.63, 3.8) is 0 Å². The van der Waals surface area contributed by atoms with Gasteiger partial charge < -0.3 is 15.0 Å². The van der Waals surface area contributed by atoms with Crippen LogP contribution < -0.4 is 14.4 Å². The lowest BCUT2D eigenvalue weighted by atomic mass is 10.1. The SMILES string of the molecule is CCOc1ccc(N(CC(=O)N(Cc2ccc(Cl)cc2)[C@H](C)C(=O)N[C@@H](C)CC)S(C)(=O)=O)cc1. The normalized spacial score (nSPS) is 13.0. The molecule has 0 saturated carbocycles. The fourth-order valence-electron chi connectivity index (χ4n) is 3.32. The molecule has 1 N–H and O–H groups in total. The van der Waals surface area contributed by atoms with E-state index in [2.05, 4.69) is 5.32 Å². The van der Waals surface area contributed by atoms with E-state index in [0.717, 1.165) is 22.5 Å². The van der Waals surface area contributed by atoms with Gasteiger partial charge in [0.25, 0.3) is 0 Å². The van der Waals surface area contributed by atoms with Crippen LogP contribution in [0.3, 0.4) is 0 Å². The number of benzene rings is 2. The molecule has 0 aliphatic heterocycles. The summed E-state index contributed by atoms with van der Waals surface area (Å²) in [4.78, 5) is 27.8. The van der Waals surface area contributed by atoms with E-state index in [1.807, 2.05) is 20.8 Å². The van der Waals surface area contributed by atoms with E-state index in [-0.39, 0.29) is 18.5 Å². The summed E-state index contributed by atoms with van der Waals surface area (Å²) in [5, 5.41) is 3.44. The summed E-state index contributed by atoms with van der Waals surface area (Å²) in [6.07, 6.45) is 1.78. The average molecular weight is 524 g/mol. The Morgan fingerprint density at radius 1 is 1.03 bits per heavy atom. The van der Waals surface area contributed by atoms with Gasteiger partial charge >= 0.3 is 0 Å². The number of halogens is 1. The molecule has 0 aliphatic carbocycles. The van der Waals surface area contributed by atoms with E-state index in [1.54, 1.807) is 55.5 Å². The van der Waals surface area contributed by atoms with Crippen LogP contribution in [0.25, 0.3) is 0 Å². The monoisotopic (exact) mass is 523 g/mol. The minimum atomic E-state index is -3.79. The summed E-state index contributed by atoms with van der Waals surface area (Å²) >= 11 is 5.99. The van der Waals surface area contributed by atoms with Gasteiger partial charge in [-0.25, -0.2) is 8.42 Å². The Hall–Kier alpha value is -2.78. The molecule has 2 aromatic rings. The number of sulfonamides is 1. The first-order chi connectivity index (χ1) is 16.5. The quantitative estimate of drug-likeness (QED) is 0.456. The van der Waals surface area contributed by atoms with Gasteiger partial charge in [-0.2, -0.15) is 0 Å². The molecule has 0 heterocycles. The summed E-state index contributed by atoms with van der Waals surface area (Å²) in [5.74, 6) is -0.226. The van der Waals surface area contributed by atoms with Crippen molar-refractivity contribution in [1.82, 2.24) is 10.2 Å². The second-order valence-corrected chi connectivity index (χ2v) is 10.7. The molecular weight excluding hydrogens is 490 g/mol. The standard InChI is InChI=1S/C25H34ClN3O5S/c1-6-18(3)27-25(31)19(4)28(16-20-8-10-21(26)11-9-20)24(30)17-29(35(5,32)33)22-12-14-23(15-13-22)34-7-2/h8-15,18-19H,6-7,16-17H2,1-5H3,(H,27,31)/t18-,19+/m0/s1. The van der Waals surface area contributed by atoms with Crippen molar-refractivity contribution < 1.29 is 22.7 Å². The zero-order chi connectivity index (χ0) is 26.2. The lowest BCUT2D eigenvalue weighted by Gasteiger charge is -2.32. The Morgan fingerprint density at radius 2 is 1.63 bits per heavy atom. The van der Waals surface area contributed by atoms with Gasteiger partial charge in [-0.05, 0) is 69.2 Å². The number of anilines is 1. The first kappa shape index (κ1) is 28.5. The highest BCUT2D eigenvalue weighted by molar-refractivity contribution is 7.92. The van der Waals surface area contributed by atoms with E-state index < -0.39 is 28.5 Å². The molecule has 35 heavy (non-hydrogen) atoms. The third kappa shape index (κ3) is 8.43. The lowest BCUT2D eigenvalue weighted by Crippen LogP contribution is -2.52. The molecule has 0 aliphatic rings. The van der Waals surface area contributed by atoms with E-state index in [0.29, 0.717) is 23.1 Å². The molecule has 0 aromatic heterocycles. The molecule has 2 rings (SSSR count). The minimum Gasteiger partial charge on any atom is -0.494 e. The second-order valence-electron chi connectivity index (χ2n) is 8.34. The van der Waals surface area contributed by atoms with Crippen molar-refractivity contribution in [2.75, 3.05) is 23.7 Å². The number of nitrogens with zero attached hydrogens (tertiary/aromatic N) is 2. The van der Waals surface area contributed by atoms with Gasteiger partial charge in [-0.3, -0.25) is 13.9 Å². The van der Waals surface area contributed by atoms with Gasteiger partial charge in [-0.1, -0.05) is 30.7 Å². The summed E-state index contributed by atoms with van der Waals surface area (Å²) in [7, 11) is -3.79. The smallest absolute Gasteiger partial charge is 0.244 e. The van der Waals surface area contributed by atoms with Gasteiger partial charge in [0.2, 0.25) is 21.8 Å². The summed E-state index contributed by atoms with van der Waals surface area (Å²) in [6, 6.07) is 12.5. The molecule has 2 aromatic carbocycles. The zero-order valence-electron chi connectivity index (χ0n) is 20.8. The van der Waals surface area contributed by atoms with Crippen LogP contribution in [0, 0.1) is 0 Å². The fourth-order valence-corrected chi connectivity index (χ4v) is 4.30. The number of hydrogen-bond acceptors (Lipinski definition) is 5. The van der Waals surface area contributed by atoms with Crippen molar-refractivity contribution in [3.8, 4) is 5.75 Å². The molecule has 0 saturated heterocycles. The van der Waals surface area contributed by atoms with Crippen molar-refractivity contribution in [1.29, 1.82) is 0 Å². The number of amides is 2. The molecule has 2 amide bonds. The summed E-state index contributed by atoms with van der Waals surface area (Å²) in [6.45, 7) is 7.45. The molecule has 2 atom stereocenters. The molecule has 0 unspecified atom stereocenters. The van der Waals surface area contributed by atoms with Crippen LogP contribution in [0.5, 0.6) is 5.75 Å². The van der Waals surface area contributed by atoms with Gasteiger partial charge in [-0.15, -0.1) is 0 Å². The van der Waals surface area contributed by atoms with Crippen LogP contribution in [-0.2, 0) is 26.2 Å². The third-order valence-electron chi connectivity index (χ3n) is 5.55. The molecular formula is C25H34ClN3O5S. The van der Waals surface area contributed by atoms with Crippen LogP contribution in [0.1, 0.15) is 39.7 Å². The highest BCUT2D eigenvalue weighted by Gasteiger charge is 2.30. The largest absolute Gasteiger partial charge is 0.494 e. The molecule has 192 valence electrons. The third-order valence-corrected chi connectivity index (χ3v) is 6.94. The number of hydrogen-bond donors (Lipinski definition) is 1. The minimum absolute atomic E-state index is 0.0613. The van der Waals surface area contributed by atoms with E-state index >= 15 is 0 Å². The highest BCUT2D eigenvalue weighted by Crippen LogP contribution is 2.23.